The molecule has 4 unspecified atom stereocenters. The summed E-state index contributed by atoms with van der Waals surface area (Å²) in [6, 6.07) is 0.377. The molecule has 2 saturated carbocycles. The highest BCUT2D eigenvalue weighted by atomic mass is 16.5. The zero-order chi connectivity index (χ0) is 17.8. The summed E-state index contributed by atoms with van der Waals surface area (Å²) >= 11 is 0. The minimum atomic E-state index is -0.147. The van der Waals surface area contributed by atoms with Crippen LogP contribution in [0.3, 0.4) is 0 Å². The normalized spacial score (nSPS) is 31.4. The number of fused-ring (bicyclic) bond motifs is 1. The Balaban J connectivity index is 1.56. The first kappa shape index (κ1) is 18.7. The van der Waals surface area contributed by atoms with Gasteiger partial charge in [0.25, 0.3) is 0 Å². The molecular weight excluding hydrogens is 316 g/mol. The molecule has 2 aliphatic carbocycles. The molecule has 3 fully saturated rings. The number of carbonyl (C=O) groups is 2. The molecular formula is C20H34N2O3. The standard InChI is InChI=1S/C20H34N2O3/c1-25-20(24)16-13-22(18-10-6-5-9-15(16)18)19(23)12-11-17(21)14-7-3-2-4-8-14/h14-18H,2-13,21H2,1H3. The molecule has 0 aromatic heterocycles. The number of nitrogens with zero attached hydrogens (tertiary/aromatic N) is 1. The van der Waals surface area contributed by atoms with Crippen molar-refractivity contribution in [2.45, 2.75) is 82.7 Å². The number of likely N-dealkylation sites (tertiary alicyclic amines) is 1. The van der Waals surface area contributed by atoms with E-state index >= 15 is 0 Å². The van der Waals surface area contributed by atoms with Crippen LogP contribution < -0.4 is 5.73 Å². The molecule has 0 spiro atoms. The molecule has 0 aromatic rings. The van der Waals surface area contributed by atoms with Gasteiger partial charge in [0.05, 0.1) is 13.0 Å². The van der Waals surface area contributed by atoms with E-state index in [2.05, 4.69) is 0 Å². The van der Waals surface area contributed by atoms with Crippen molar-refractivity contribution >= 4 is 11.9 Å². The largest absolute Gasteiger partial charge is 0.469 e. The van der Waals surface area contributed by atoms with Crippen molar-refractivity contribution in [3.05, 3.63) is 0 Å². The van der Waals surface area contributed by atoms with E-state index in [9.17, 15) is 9.59 Å². The fourth-order valence-corrected chi connectivity index (χ4v) is 5.40. The lowest BCUT2D eigenvalue weighted by atomic mass is 9.79. The van der Waals surface area contributed by atoms with Crippen molar-refractivity contribution in [2.24, 2.45) is 23.5 Å². The van der Waals surface area contributed by atoms with Gasteiger partial charge in [0.15, 0.2) is 0 Å². The third-order valence-corrected chi connectivity index (χ3v) is 6.86. The average Bonchev–Trinajstić information content (AvgIpc) is 3.05. The molecule has 1 heterocycles. The number of hydrogen-bond acceptors (Lipinski definition) is 4. The van der Waals surface area contributed by atoms with Crippen LogP contribution in [0.5, 0.6) is 0 Å². The van der Waals surface area contributed by atoms with Crippen LogP contribution in [0.15, 0.2) is 0 Å². The maximum Gasteiger partial charge on any atom is 0.310 e. The summed E-state index contributed by atoms with van der Waals surface area (Å²) in [5.74, 6) is 0.787. The average molecular weight is 351 g/mol. The fraction of sp³-hybridized carbons (Fsp3) is 0.900. The van der Waals surface area contributed by atoms with Crippen LogP contribution in [0.1, 0.15) is 70.6 Å². The number of ether oxygens (including phenoxy) is 1. The second-order valence-corrected chi connectivity index (χ2v) is 8.29. The zero-order valence-electron chi connectivity index (χ0n) is 15.6. The number of esters is 1. The highest BCUT2D eigenvalue weighted by molar-refractivity contribution is 5.80. The Bertz CT molecular complexity index is 476. The van der Waals surface area contributed by atoms with E-state index in [-0.39, 0.29) is 35.8 Å². The minimum Gasteiger partial charge on any atom is -0.469 e. The Labute approximate surface area is 151 Å². The molecule has 1 aliphatic heterocycles. The SMILES string of the molecule is COC(=O)C1CN(C(=O)CCC(N)C2CCCCC2)C2CCCCC12. The number of nitrogens with two attached hydrogens (primary N) is 1. The van der Waals surface area contributed by atoms with Gasteiger partial charge in [-0.15, -0.1) is 0 Å². The number of rotatable bonds is 5. The summed E-state index contributed by atoms with van der Waals surface area (Å²) in [5.41, 5.74) is 6.38. The van der Waals surface area contributed by atoms with E-state index in [4.69, 9.17) is 10.5 Å². The lowest BCUT2D eigenvalue weighted by Gasteiger charge is -2.33. The second-order valence-electron chi connectivity index (χ2n) is 8.29. The van der Waals surface area contributed by atoms with Gasteiger partial charge in [-0.1, -0.05) is 32.1 Å². The first-order valence-electron chi connectivity index (χ1n) is 10.2. The van der Waals surface area contributed by atoms with Crippen molar-refractivity contribution in [3.8, 4) is 0 Å². The smallest absolute Gasteiger partial charge is 0.310 e. The number of carbonyl (C=O) groups excluding carboxylic acids is 2. The van der Waals surface area contributed by atoms with Gasteiger partial charge in [0, 0.05) is 25.0 Å². The molecule has 2 N–H and O–H groups in total. The third-order valence-electron chi connectivity index (χ3n) is 6.86. The van der Waals surface area contributed by atoms with Gasteiger partial charge >= 0.3 is 5.97 Å². The van der Waals surface area contributed by atoms with E-state index < -0.39 is 0 Å². The zero-order valence-corrected chi connectivity index (χ0v) is 15.6. The van der Waals surface area contributed by atoms with Crippen molar-refractivity contribution in [2.75, 3.05) is 13.7 Å². The highest BCUT2D eigenvalue weighted by Crippen LogP contribution is 2.41. The van der Waals surface area contributed by atoms with Crippen LogP contribution in [0, 0.1) is 17.8 Å². The van der Waals surface area contributed by atoms with Gasteiger partial charge in [0.2, 0.25) is 5.91 Å². The quantitative estimate of drug-likeness (QED) is 0.774. The topological polar surface area (TPSA) is 72.6 Å². The van der Waals surface area contributed by atoms with Crippen LogP contribution in [0.4, 0.5) is 0 Å². The monoisotopic (exact) mass is 350 g/mol. The highest BCUT2D eigenvalue weighted by Gasteiger charge is 2.47. The summed E-state index contributed by atoms with van der Waals surface area (Å²) in [7, 11) is 1.45. The Morgan fingerprint density at radius 2 is 1.76 bits per heavy atom. The molecule has 1 amide bonds. The Kier molecular flexibility index (Phi) is 6.37. The molecule has 142 valence electrons. The van der Waals surface area contributed by atoms with Crippen molar-refractivity contribution in [1.82, 2.24) is 4.90 Å². The van der Waals surface area contributed by atoms with Gasteiger partial charge in [-0.25, -0.2) is 0 Å². The summed E-state index contributed by atoms with van der Waals surface area (Å²) < 4.78 is 4.99. The Morgan fingerprint density at radius 1 is 1.08 bits per heavy atom. The van der Waals surface area contributed by atoms with E-state index in [1.165, 1.54) is 39.2 Å². The summed E-state index contributed by atoms with van der Waals surface area (Å²) in [5, 5.41) is 0. The first-order valence-corrected chi connectivity index (χ1v) is 10.2. The molecule has 4 atom stereocenters. The third kappa shape index (κ3) is 4.18. The summed E-state index contributed by atoms with van der Waals surface area (Å²) in [6.45, 7) is 0.541. The van der Waals surface area contributed by atoms with Gasteiger partial charge in [-0.2, -0.15) is 0 Å². The fourth-order valence-electron chi connectivity index (χ4n) is 5.40. The van der Waals surface area contributed by atoms with Gasteiger partial charge in [-0.3, -0.25) is 9.59 Å². The maximum atomic E-state index is 12.9. The van der Waals surface area contributed by atoms with Crippen LogP contribution >= 0.6 is 0 Å². The molecule has 5 heteroatoms. The maximum absolute atomic E-state index is 12.9. The van der Waals surface area contributed by atoms with Crippen LogP contribution in [-0.4, -0.2) is 42.5 Å². The Hall–Kier alpha value is -1.10. The minimum absolute atomic E-state index is 0.133. The lowest BCUT2D eigenvalue weighted by molar-refractivity contribution is -0.146. The predicted molar refractivity (Wildman–Crippen MR) is 96.7 cm³/mol. The number of hydrogen-bond donors (Lipinski definition) is 1. The summed E-state index contributed by atoms with van der Waals surface area (Å²) in [4.78, 5) is 27.0. The van der Waals surface area contributed by atoms with Crippen LogP contribution in [-0.2, 0) is 14.3 Å². The van der Waals surface area contributed by atoms with Gasteiger partial charge in [0.1, 0.15) is 0 Å². The van der Waals surface area contributed by atoms with Crippen molar-refractivity contribution < 1.29 is 14.3 Å². The molecule has 1 saturated heterocycles. The number of amides is 1. The molecule has 0 radical (unpaired) electrons. The van der Waals surface area contributed by atoms with E-state index in [0.717, 1.165) is 32.1 Å². The van der Waals surface area contributed by atoms with Crippen LogP contribution in [0.25, 0.3) is 0 Å². The van der Waals surface area contributed by atoms with E-state index in [0.29, 0.717) is 18.9 Å². The predicted octanol–water partition coefficient (Wildman–Crippen LogP) is 2.86. The molecule has 25 heavy (non-hydrogen) atoms. The molecule has 5 nitrogen and oxygen atoms in total. The molecule has 0 aromatic carbocycles. The molecule has 3 aliphatic rings. The molecule has 0 bridgehead atoms. The van der Waals surface area contributed by atoms with Crippen molar-refractivity contribution in [3.63, 3.8) is 0 Å². The van der Waals surface area contributed by atoms with Crippen molar-refractivity contribution in [1.29, 1.82) is 0 Å². The summed E-state index contributed by atoms with van der Waals surface area (Å²) in [6.07, 6.45) is 12.0. The number of methoxy groups -OCH3 is 1. The first-order chi connectivity index (χ1) is 12.1. The van der Waals surface area contributed by atoms with Gasteiger partial charge in [-0.05, 0) is 43.9 Å². The van der Waals surface area contributed by atoms with Gasteiger partial charge < -0.3 is 15.4 Å². The second kappa shape index (κ2) is 8.52. The van der Waals surface area contributed by atoms with E-state index in [1.807, 2.05) is 4.90 Å². The molecule has 3 rings (SSSR count). The lowest BCUT2D eigenvalue weighted by Crippen LogP contribution is -2.40. The Morgan fingerprint density at radius 3 is 2.48 bits per heavy atom. The van der Waals surface area contributed by atoms with E-state index in [1.54, 1.807) is 0 Å². The van der Waals surface area contributed by atoms with Crippen LogP contribution in [0.2, 0.25) is 0 Å².